The molecule has 0 bridgehead atoms. The summed E-state index contributed by atoms with van der Waals surface area (Å²) in [7, 11) is 1.55. The van der Waals surface area contributed by atoms with E-state index in [9.17, 15) is 14.7 Å². The molecule has 9 heteroatoms. The van der Waals surface area contributed by atoms with E-state index in [1.54, 1.807) is 50.4 Å². The van der Waals surface area contributed by atoms with Crippen LogP contribution in [0.4, 0.5) is 5.13 Å². The van der Waals surface area contributed by atoms with Gasteiger partial charge < -0.3 is 9.84 Å². The number of Topliss-reactive ketones (excluding diaryl/α,β-unsaturated/α-hetero) is 1. The Kier molecular flexibility index (Phi) is 4.81. The molecule has 0 spiro atoms. The van der Waals surface area contributed by atoms with Crippen LogP contribution in [0.2, 0.25) is 0 Å². The van der Waals surface area contributed by atoms with Crippen molar-refractivity contribution in [1.82, 2.24) is 15.2 Å². The molecule has 1 fully saturated rings. The van der Waals surface area contributed by atoms with Gasteiger partial charge in [0.15, 0.2) is 0 Å². The zero-order valence-electron chi connectivity index (χ0n) is 15.6. The van der Waals surface area contributed by atoms with E-state index in [2.05, 4.69) is 15.2 Å². The van der Waals surface area contributed by atoms with Crippen molar-refractivity contribution in [2.24, 2.45) is 0 Å². The lowest BCUT2D eigenvalue weighted by atomic mass is 9.95. The second-order valence-corrected chi connectivity index (χ2v) is 7.44. The third-order valence-electron chi connectivity index (χ3n) is 4.55. The van der Waals surface area contributed by atoms with Crippen molar-refractivity contribution in [2.75, 3.05) is 12.0 Å². The van der Waals surface area contributed by atoms with Crippen molar-refractivity contribution in [2.45, 2.75) is 13.0 Å². The number of carbonyl (C=O) groups is 2. The molecule has 1 aliphatic rings. The van der Waals surface area contributed by atoms with E-state index in [1.165, 1.54) is 28.6 Å². The van der Waals surface area contributed by atoms with Crippen LogP contribution in [0.5, 0.6) is 5.75 Å². The van der Waals surface area contributed by atoms with Crippen LogP contribution in [-0.4, -0.2) is 39.1 Å². The fourth-order valence-electron chi connectivity index (χ4n) is 3.18. The molecular formula is C20H16N4O4S. The quantitative estimate of drug-likeness (QED) is 0.402. The largest absolute Gasteiger partial charge is 0.507 e. The third-order valence-corrected chi connectivity index (χ3v) is 5.39. The molecule has 1 unspecified atom stereocenters. The topological polar surface area (TPSA) is 106 Å². The minimum Gasteiger partial charge on any atom is -0.507 e. The Morgan fingerprint density at radius 3 is 2.38 bits per heavy atom. The van der Waals surface area contributed by atoms with Crippen molar-refractivity contribution in [3.8, 4) is 5.75 Å². The molecule has 4 rings (SSSR count). The van der Waals surface area contributed by atoms with Gasteiger partial charge in [-0.15, -0.1) is 10.2 Å². The van der Waals surface area contributed by atoms with Crippen LogP contribution in [-0.2, 0) is 9.59 Å². The number of amides is 1. The summed E-state index contributed by atoms with van der Waals surface area (Å²) in [5.41, 5.74) is 1.01. The Bertz CT molecular complexity index is 1110. The first-order valence-corrected chi connectivity index (χ1v) is 9.48. The maximum atomic E-state index is 12.9. The summed E-state index contributed by atoms with van der Waals surface area (Å²) in [6, 6.07) is 9.25. The number of benzene rings is 1. The zero-order chi connectivity index (χ0) is 20.5. The molecule has 1 aliphatic heterocycles. The van der Waals surface area contributed by atoms with Crippen LogP contribution in [0.3, 0.4) is 0 Å². The number of hydrogen-bond donors (Lipinski definition) is 1. The Morgan fingerprint density at radius 2 is 1.79 bits per heavy atom. The highest BCUT2D eigenvalue weighted by molar-refractivity contribution is 7.15. The van der Waals surface area contributed by atoms with Crippen LogP contribution in [0.1, 0.15) is 22.2 Å². The maximum absolute atomic E-state index is 12.9. The lowest BCUT2D eigenvalue weighted by molar-refractivity contribution is -0.132. The molecular weight excluding hydrogens is 392 g/mol. The van der Waals surface area contributed by atoms with Crippen molar-refractivity contribution in [3.63, 3.8) is 0 Å². The number of hydrogen-bond acceptors (Lipinski definition) is 8. The fourth-order valence-corrected chi connectivity index (χ4v) is 3.89. The Labute approximate surface area is 170 Å². The van der Waals surface area contributed by atoms with Crippen molar-refractivity contribution in [1.29, 1.82) is 0 Å². The van der Waals surface area contributed by atoms with Gasteiger partial charge in [-0.2, -0.15) is 0 Å². The monoisotopic (exact) mass is 408 g/mol. The van der Waals surface area contributed by atoms with E-state index in [-0.39, 0.29) is 11.3 Å². The molecule has 0 radical (unpaired) electrons. The van der Waals surface area contributed by atoms with Gasteiger partial charge >= 0.3 is 5.91 Å². The van der Waals surface area contributed by atoms with E-state index >= 15 is 0 Å². The van der Waals surface area contributed by atoms with Crippen LogP contribution in [0, 0.1) is 6.92 Å². The summed E-state index contributed by atoms with van der Waals surface area (Å²) in [4.78, 5) is 31.0. The van der Waals surface area contributed by atoms with Gasteiger partial charge in [0.25, 0.3) is 5.78 Å². The first kappa shape index (κ1) is 18.8. The Morgan fingerprint density at radius 1 is 1.10 bits per heavy atom. The van der Waals surface area contributed by atoms with Crippen molar-refractivity contribution >= 4 is 33.9 Å². The third kappa shape index (κ3) is 3.25. The molecule has 2 aromatic heterocycles. The molecule has 8 nitrogen and oxygen atoms in total. The predicted molar refractivity (Wildman–Crippen MR) is 107 cm³/mol. The summed E-state index contributed by atoms with van der Waals surface area (Å²) in [5.74, 6) is -1.19. The molecule has 1 aromatic carbocycles. The molecule has 29 heavy (non-hydrogen) atoms. The highest BCUT2D eigenvalue weighted by Gasteiger charge is 2.48. The van der Waals surface area contributed by atoms with Crippen LogP contribution in [0.15, 0.2) is 54.4 Å². The second kappa shape index (κ2) is 7.44. The molecule has 146 valence electrons. The minimum atomic E-state index is -0.846. The van der Waals surface area contributed by atoms with Gasteiger partial charge in [-0.1, -0.05) is 23.5 Å². The summed E-state index contributed by atoms with van der Waals surface area (Å²) >= 11 is 1.20. The summed E-state index contributed by atoms with van der Waals surface area (Å²) in [6.45, 7) is 1.76. The van der Waals surface area contributed by atoms with E-state index in [1.807, 2.05) is 0 Å². The molecule has 3 heterocycles. The van der Waals surface area contributed by atoms with Gasteiger partial charge in [-0.05, 0) is 36.8 Å². The van der Waals surface area contributed by atoms with Crippen LogP contribution < -0.4 is 9.64 Å². The number of anilines is 1. The van der Waals surface area contributed by atoms with Gasteiger partial charge in [0.1, 0.15) is 16.5 Å². The summed E-state index contributed by atoms with van der Waals surface area (Å²) in [5, 5.41) is 19.9. The van der Waals surface area contributed by atoms with E-state index in [0.717, 1.165) is 0 Å². The standard InChI is InChI=1S/C20H16N4O4S/c1-11-22-23-20(29-11)24-16(12-3-5-14(28-2)6-4-12)15(18(26)19(24)27)17(25)13-7-9-21-10-8-13/h3-10,16,25H,1-2H3/b17-15+. The van der Waals surface area contributed by atoms with Gasteiger partial charge in [0.05, 0.1) is 18.7 Å². The highest BCUT2D eigenvalue weighted by atomic mass is 32.1. The average Bonchev–Trinajstić information content (AvgIpc) is 3.29. The Balaban J connectivity index is 1.92. The lowest BCUT2D eigenvalue weighted by Crippen LogP contribution is -2.29. The van der Waals surface area contributed by atoms with E-state index < -0.39 is 17.7 Å². The van der Waals surface area contributed by atoms with Crippen LogP contribution in [0.25, 0.3) is 5.76 Å². The fraction of sp³-hybridized carbons (Fsp3) is 0.150. The number of ketones is 1. The van der Waals surface area contributed by atoms with E-state index in [0.29, 0.717) is 27.0 Å². The first-order chi connectivity index (χ1) is 14.0. The van der Waals surface area contributed by atoms with E-state index in [4.69, 9.17) is 4.74 Å². The average molecular weight is 408 g/mol. The molecule has 3 aromatic rings. The number of aliphatic hydroxyl groups is 1. The molecule has 1 atom stereocenters. The Hall–Kier alpha value is -3.59. The van der Waals surface area contributed by atoms with Crippen LogP contribution >= 0.6 is 11.3 Å². The first-order valence-electron chi connectivity index (χ1n) is 8.66. The number of ether oxygens (including phenoxy) is 1. The SMILES string of the molecule is COc1ccc(C2/C(=C(\O)c3ccncc3)C(=O)C(=O)N2c2nnc(C)s2)cc1. The molecule has 0 aliphatic carbocycles. The normalized spacial score (nSPS) is 18.3. The van der Waals surface area contributed by atoms with Gasteiger partial charge in [-0.25, -0.2) is 0 Å². The molecule has 1 saturated heterocycles. The second-order valence-electron chi connectivity index (χ2n) is 6.28. The number of aryl methyl sites for hydroxylation is 1. The van der Waals surface area contributed by atoms with Crippen molar-refractivity contribution < 1.29 is 19.4 Å². The number of aromatic nitrogens is 3. The maximum Gasteiger partial charge on any atom is 0.301 e. The molecule has 1 N–H and O–H groups in total. The molecule has 1 amide bonds. The lowest BCUT2D eigenvalue weighted by Gasteiger charge is -2.22. The predicted octanol–water partition coefficient (Wildman–Crippen LogP) is 2.88. The summed E-state index contributed by atoms with van der Waals surface area (Å²) < 4.78 is 5.20. The van der Waals surface area contributed by atoms with Gasteiger partial charge in [0, 0.05) is 18.0 Å². The number of pyridine rings is 1. The zero-order valence-corrected chi connectivity index (χ0v) is 16.4. The number of nitrogens with zero attached hydrogens (tertiary/aromatic N) is 4. The molecule has 0 saturated carbocycles. The number of methoxy groups -OCH3 is 1. The summed E-state index contributed by atoms with van der Waals surface area (Å²) in [6.07, 6.45) is 3.00. The number of carbonyl (C=O) groups excluding carboxylic acids is 2. The van der Waals surface area contributed by atoms with Gasteiger partial charge in [0.2, 0.25) is 5.13 Å². The number of rotatable bonds is 4. The minimum absolute atomic E-state index is 0.0146. The van der Waals surface area contributed by atoms with Crippen molar-refractivity contribution in [3.05, 3.63) is 70.5 Å². The smallest absolute Gasteiger partial charge is 0.301 e. The highest BCUT2D eigenvalue weighted by Crippen LogP contribution is 2.43. The number of aliphatic hydroxyl groups excluding tert-OH is 1. The van der Waals surface area contributed by atoms with Gasteiger partial charge in [-0.3, -0.25) is 19.5 Å².